The molecule has 13 rings (SSSR count). The summed E-state index contributed by atoms with van der Waals surface area (Å²) in [5.74, 6) is 2.83. The fourth-order valence-electron chi connectivity index (χ4n) is 12.6. The fourth-order valence-corrected chi connectivity index (χ4v) is 12.6. The molecule has 4 bridgehead atoms. The molecule has 248 valence electrons. The molecule has 0 heterocycles. The van der Waals surface area contributed by atoms with Gasteiger partial charge >= 0.3 is 0 Å². The molecule has 8 aromatic rings. The molecule has 0 unspecified atom stereocenters. The van der Waals surface area contributed by atoms with Crippen LogP contribution in [0.3, 0.4) is 0 Å². The van der Waals surface area contributed by atoms with E-state index < -0.39 is 0 Å². The van der Waals surface area contributed by atoms with E-state index in [1.54, 1.807) is 5.56 Å². The molecule has 0 amide bonds. The van der Waals surface area contributed by atoms with Crippen molar-refractivity contribution in [3.63, 3.8) is 0 Å². The minimum absolute atomic E-state index is 0.130. The van der Waals surface area contributed by atoms with Gasteiger partial charge in [0.05, 0.1) is 5.69 Å². The van der Waals surface area contributed by atoms with Crippen LogP contribution in [0, 0.1) is 24.7 Å². The molecule has 0 spiro atoms. The summed E-state index contributed by atoms with van der Waals surface area (Å²) >= 11 is 0. The average Bonchev–Trinajstić information content (AvgIpc) is 3.14. The lowest BCUT2D eigenvalue weighted by molar-refractivity contribution is -0.00518. The molecule has 1 nitrogen and oxygen atoms in total. The maximum Gasteiger partial charge on any atom is 0.0619 e. The summed E-state index contributed by atoms with van der Waals surface area (Å²) in [5.41, 5.74) is 9.76. The maximum absolute atomic E-state index is 2.59. The SMILES string of the molecule is Cc1ccc(N(c2ccc(C34CC5CC(CC(C5)C3)C4)cc2)c2c3cccc4c3c3c5c(ccc6cccc(c7cccc2c73)c65)C4(C)C)cc1. The first kappa shape index (κ1) is 28.8. The van der Waals surface area contributed by atoms with Crippen LogP contribution in [0.2, 0.25) is 0 Å². The highest BCUT2D eigenvalue weighted by molar-refractivity contribution is 6.42. The predicted molar refractivity (Wildman–Crippen MR) is 217 cm³/mol. The zero-order valence-electron chi connectivity index (χ0n) is 29.9. The van der Waals surface area contributed by atoms with E-state index in [2.05, 4.69) is 141 Å². The van der Waals surface area contributed by atoms with Crippen molar-refractivity contribution in [2.24, 2.45) is 17.8 Å². The van der Waals surface area contributed by atoms with Crippen LogP contribution in [0.25, 0.3) is 53.9 Å². The summed E-state index contributed by atoms with van der Waals surface area (Å²) in [4.78, 5) is 2.59. The molecular formula is C50H43N. The number of nitrogens with zero attached hydrogens (tertiary/aromatic N) is 1. The van der Waals surface area contributed by atoms with Gasteiger partial charge in [-0.25, -0.2) is 0 Å². The number of rotatable bonds is 4. The van der Waals surface area contributed by atoms with Crippen molar-refractivity contribution in [1.82, 2.24) is 0 Å². The van der Waals surface area contributed by atoms with Crippen LogP contribution < -0.4 is 4.90 Å². The van der Waals surface area contributed by atoms with Crippen molar-refractivity contribution in [3.05, 3.63) is 138 Å². The van der Waals surface area contributed by atoms with Gasteiger partial charge in [0, 0.05) is 32.9 Å². The molecule has 4 fully saturated rings. The minimum atomic E-state index is -0.130. The maximum atomic E-state index is 2.59. The van der Waals surface area contributed by atoms with Crippen molar-refractivity contribution < 1.29 is 0 Å². The van der Waals surface area contributed by atoms with Gasteiger partial charge in [-0.2, -0.15) is 0 Å². The van der Waals surface area contributed by atoms with E-state index in [0.717, 1.165) is 17.8 Å². The number of fused-ring (bicyclic) bond motifs is 1. The van der Waals surface area contributed by atoms with Crippen LogP contribution in [0.1, 0.15) is 74.6 Å². The van der Waals surface area contributed by atoms with E-state index in [4.69, 9.17) is 0 Å². The van der Waals surface area contributed by atoms with Gasteiger partial charge in [0.15, 0.2) is 0 Å². The van der Waals surface area contributed by atoms with Crippen LogP contribution in [0.4, 0.5) is 17.1 Å². The third kappa shape index (κ3) is 3.67. The topological polar surface area (TPSA) is 3.24 Å². The molecule has 0 aliphatic heterocycles. The zero-order valence-corrected chi connectivity index (χ0v) is 29.9. The van der Waals surface area contributed by atoms with Crippen LogP contribution in [0.5, 0.6) is 0 Å². The lowest BCUT2D eigenvalue weighted by Crippen LogP contribution is -2.48. The van der Waals surface area contributed by atoms with E-state index in [1.165, 1.54) is 126 Å². The van der Waals surface area contributed by atoms with E-state index in [9.17, 15) is 0 Å². The van der Waals surface area contributed by atoms with Crippen LogP contribution >= 0.6 is 0 Å². The van der Waals surface area contributed by atoms with Gasteiger partial charge in [0.2, 0.25) is 0 Å². The Labute approximate surface area is 300 Å². The van der Waals surface area contributed by atoms with Gasteiger partial charge in [-0.15, -0.1) is 0 Å². The van der Waals surface area contributed by atoms with Crippen LogP contribution in [0.15, 0.2) is 115 Å². The fraction of sp³-hybridized carbons (Fsp3) is 0.280. The van der Waals surface area contributed by atoms with Gasteiger partial charge in [-0.3, -0.25) is 0 Å². The number of hydrogen-bond acceptors (Lipinski definition) is 1. The number of aryl methyl sites for hydroxylation is 1. The highest BCUT2D eigenvalue weighted by atomic mass is 15.1. The number of anilines is 3. The smallest absolute Gasteiger partial charge is 0.0619 e. The molecule has 8 aromatic carbocycles. The van der Waals surface area contributed by atoms with Crippen molar-refractivity contribution in [1.29, 1.82) is 0 Å². The molecule has 4 saturated carbocycles. The molecule has 0 saturated heterocycles. The van der Waals surface area contributed by atoms with E-state index in [1.807, 2.05) is 0 Å². The van der Waals surface area contributed by atoms with E-state index in [0.29, 0.717) is 5.41 Å². The average molecular weight is 658 g/mol. The Kier molecular flexibility index (Phi) is 5.48. The summed E-state index contributed by atoms with van der Waals surface area (Å²) in [6.07, 6.45) is 8.64. The summed E-state index contributed by atoms with van der Waals surface area (Å²) in [6.45, 7) is 7.08. The van der Waals surface area contributed by atoms with Gasteiger partial charge in [0.1, 0.15) is 0 Å². The van der Waals surface area contributed by atoms with Crippen molar-refractivity contribution in [2.45, 2.75) is 70.1 Å². The van der Waals surface area contributed by atoms with Gasteiger partial charge in [-0.1, -0.05) is 110 Å². The first-order valence-electron chi connectivity index (χ1n) is 19.4. The predicted octanol–water partition coefficient (Wildman–Crippen LogP) is 13.8. The normalized spacial score (nSPS) is 24.3. The Hall–Kier alpha value is -4.88. The third-order valence-corrected chi connectivity index (χ3v) is 14.4. The van der Waals surface area contributed by atoms with Gasteiger partial charge in [0.25, 0.3) is 0 Å². The molecule has 1 heteroatoms. The molecule has 5 aliphatic carbocycles. The molecule has 0 N–H and O–H groups in total. The Morgan fingerprint density at radius 2 is 1.04 bits per heavy atom. The monoisotopic (exact) mass is 657 g/mol. The largest absolute Gasteiger partial charge is 0.309 e. The first-order valence-corrected chi connectivity index (χ1v) is 19.4. The number of benzene rings is 8. The molecule has 51 heavy (non-hydrogen) atoms. The second kappa shape index (κ2) is 9.71. The second-order valence-electron chi connectivity index (χ2n) is 17.6. The summed E-state index contributed by atoms with van der Waals surface area (Å²) in [6, 6.07) is 45.1. The second-order valence-corrected chi connectivity index (χ2v) is 17.6. The van der Waals surface area contributed by atoms with Crippen LogP contribution in [-0.2, 0) is 10.8 Å². The Balaban J connectivity index is 1.18. The molecule has 0 aromatic heterocycles. The van der Waals surface area contributed by atoms with E-state index in [-0.39, 0.29) is 5.41 Å². The standard InChI is InChI=1S/C50H43N/c1-29-13-18-35(19-14-29)51(36-20-16-34(17-21-36)50-26-30-23-31(27-50)25-32(24-30)28-50)48-39-10-5-9-38-37-8-4-7-33-15-22-42-46(43(33)37)47(44(38)39)45-40(48)11-6-12-41(45)49(42,2)3/h4-22,30-32H,23-28H2,1-3H3. The Bertz CT molecular complexity index is 2710. The highest BCUT2D eigenvalue weighted by Crippen LogP contribution is 2.61. The summed E-state index contributed by atoms with van der Waals surface area (Å²) in [7, 11) is 0. The summed E-state index contributed by atoms with van der Waals surface area (Å²) in [5, 5.41) is 13.9. The Morgan fingerprint density at radius 3 is 1.73 bits per heavy atom. The quantitative estimate of drug-likeness (QED) is 0.134. The molecule has 0 atom stereocenters. The van der Waals surface area contributed by atoms with Gasteiger partial charge in [-0.05, 0) is 147 Å². The molecular weight excluding hydrogens is 615 g/mol. The van der Waals surface area contributed by atoms with E-state index >= 15 is 0 Å². The third-order valence-electron chi connectivity index (χ3n) is 14.4. The lowest BCUT2D eigenvalue weighted by Gasteiger charge is -2.57. The molecule has 5 aliphatic rings. The minimum Gasteiger partial charge on any atom is -0.309 e. The van der Waals surface area contributed by atoms with Gasteiger partial charge < -0.3 is 4.90 Å². The van der Waals surface area contributed by atoms with Crippen molar-refractivity contribution in [3.8, 4) is 0 Å². The number of hydrogen-bond donors (Lipinski definition) is 0. The van der Waals surface area contributed by atoms with Crippen molar-refractivity contribution >= 4 is 70.9 Å². The summed E-state index contributed by atoms with van der Waals surface area (Å²) < 4.78 is 0. The first-order chi connectivity index (χ1) is 24.9. The Morgan fingerprint density at radius 1 is 0.490 bits per heavy atom. The molecule has 0 radical (unpaired) electrons. The van der Waals surface area contributed by atoms with Crippen molar-refractivity contribution in [2.75, 3.05) is 4.90 Å². The zero-order chi connectivity index (χ0) is 33.8. The lowest BCUT2D eigenvalue weighted by atomic mass is 9.48. The van der Waals surface area contributed by atoms with Crippen LogP contribution in [-0.4, -0.2) is 0 Å². The highest BCUT2D eigenvalue weighted by Gasteiger charge is 2.51.